The van der Waals surface area contributed by atoms with Crippen LogP contribution in [0.25, 0.3) is 10.9 Å². The van der Waals surface area contributed by atoms with Gasteiger partial charge in [-0.25, -0.2) is 0 Å². The van der Waals surface area contributed by atoms with Crippen molar-refractivity contribution in [1.29, 1.82) is 0 Å². The third kappa shape index (κ3) is 3.96. The number of halogens is 1. The minimum absolute atomic E-state index is 0.0361. The van der Waals surface area contributed by atoms with Crippen LogP contribution in [0.3, 0.4) is 0 Å². The highest BCUT2D eigenvalue weighted by Crippen LogP contribution is 2.36. The number of fused-ring (bicyclic) bond motifs is 1. The molecule has 0 aliphatic carbocycles. The average Bonchev–Trinajstić information content (AvgIpc) is 3.08. The first-order valence-electron chi connectivity index (χ1n) is 10.7. The number of nitrogens with one attached hydrogen (secondary N) is 1. The molecule has 0 bridgehead atoms. The second-order valence-corrected chi connectivity index (χ2v) is 9.19. The van der Waals surface area contributed by atoms with Crippen molar-refractivity contribution in [2.24, 2.45) is 13.0 Å². The van der Waals surface area contributed by atoms with Gasteiger partial charge in [0.2, 0.25) is 0 Å². The van der Waals surface area contributed by atoms with Gasteiger partial charge in [-0.2, -0.15) is 0 Å². The molecule has 8 heteroatoms. The van der Waals surface area contributed by atoms with Crippen molar-refractivity contribution in [3.63, 3.8) is 0 Å². The molecule has 1 amide bonds. The number of amides is 1. The van der Waals surface area contributed by atoms with Crippen LogP contribution < -0.4 is 10.1 Å². The van der Waals surface area contributed by atoms with Crippen LogP contribution in [0.15, 0.2) is 42.5 Å². The molecular formula is C25H27ClN2O5. The number of rotatable bonds is 7. The molecule has 2 aromatic carbocycles. The molecule has 1 aliphatic rings. The number of ether oxygens (including phenoxy) is 2. The van der Waals surface area contributed by atoms with Crippen LogP contribution in [0, 0.1) is 5.92 Å². The number of aromatic nitrogens is 1. The first kappa shape index (κ1) is 23.1. The molecule has 1 saturated heterocycles. The zero-order chi connectivity index (χ0) is 23.9. The van der Waals surface area contributed by atoms with Gasteiger partial charge in [0.15, 0.2) is 0 Å². The first-order valence-corrected chi connectivity index (χ1v) is 11.1. The summed E-state index contributed by atoms with van der Waals surface area (Å²) in [5.41, 5.74) is 2.22. The Hall–Kier alpha value is -3.03. The van der Waals surface area contributed by atoms with E-state index in [1.165, 1.54) is 0 Å². The fourth-order valence-electron chi connectivity index (χ4n) is 4.45. The maximum Gasteiger partial charge on any atom is 0.311 e. The standard InChI is InChI=1S/C25H27ClN2O5/c1-14(2)21(24(30)31)15-5-7-16(8-6-15)25(12-33-13-25)27-23(29)19-11-17-18(28(19)3)9-10-20(32-4)22(17)26/h5-11,14,21H,12-13H2,1-4H3,(H,27,29)(H,30,31)/t21-/m1/s1. The fourth-order valence-corrected chi connectivity index (χ4v) is 4.74. The lowest BCUT2D eigenvalue weighted by molar-refractivity contribution is -0.139. The Kier molecular flexibility index (Phi) is 6.12. The van der Waals surface area contributed by atoms with Crippen LogP contribution in [-0.2, 0) is 22.1 Å². The van der Waals surface area contributed by atoms with Gasteiger partial charge in [0.25, 0.3) is 5.91 Å². The van der Waals surface area contributed by atoms with Gasteiger partial charge in [-0.05, 0) is 35.2 Å². The summed E-state index contributed by atoms with van der Waals surface area (Å²) in [6, 6.07) is 12.8. The van der Waals surface area contributed by atoms with Gasteiger partial charge in [-0.15, -0.1) is 0 Å². The number of carboxylic acids is 1. The van der Waals surface area contributed by atoms with E-state index >= 15 is 0 Å². The lowest BCUT2D eigenvalue weighted by Crippen LogP contribution is -2.59. The van der Waals surface area contributed by atoms with E-state index in [0.717, 1.165) is 22.0 Å². The minimum Gasteiger partial charge on any atom is -0.495 e. The Morgan fingerprint density at radius 3 is 2.36 bits per heavy atom. The maximum atomic E-state index is 13.3. The summed E-state index contributed by atoms with van der Waals surface area (Å²) < 4.78 is 12.6. The molecule has 4 rings (SSSR count). The highest BCUT2D eigenvalue weighted by Gasteiger charge is 2.42. The normalized spacial score (nSPS) is 15.8. The van der Waals surface area contributed by atoms with Crippen LogP contribution in [0.2, 0.25) is 5.02 Å². The summed E-state index contributed by atoms with van der Waals surface area (Å²) in [7, 11) is 3.37. The Morgan fingerprint density at radius 2 is 1.85 bits per heavy atom. The molecule has 1 atom stereocenters. The molecule has 33 heavy (non-hydrogen) atoms. The molecular weight excluding hydrogens is 444 g/mol. The van der Waals surface area contributed by atoms with E-state index in [2.05, 4.69) is 5.32 Å². The molecule has 0 saturated carbocycles. The molecule has 1 aliphatic heterocycles. The summed E-state index contributed by atoms with van der Waals surface area (Å²) in [6.07, 6.45) is 0. The van der Waals surface area contributed by atoms with E-state index < -0.39 is 17.4 Å². The molecule has 0 unspecified atom stereocenters. The Morgan fingerprint density at radius 1 is 1.18 bits per heavy atom. The molecule has 2 heterocycles. The van der Waals surface area contributed by atoms with E-state index in [1.54, 1.807) is 23.8 Å². The van der Waals surface area contributed by atoms with Gasteiger partial charge in [0, 0.05) is 12.4 Å². The van der Waals surface area contributed by atoms with Crippen LogP contribution >= 0.6 is 11.6 Å². The lowest BCUT2D eigenvalue weighted by atomic mass is 9.84. The summed E-state index contributed by atoms with van der Waals surface area (Å²) in [5.74, 6) is -1.17. The third-order valence-electron chi connectivity index (χ3n) is 6.38. The van der Waals surface area contributed by atoms with Crippen LogP contribution in [0.1, 0.15) is 41.4 Å². The number of carbonyl (C=O) groups excluding carboxylic acids is 1. The summed E-state index contributed by atoms with van der Waals surface area (Å²) in [6.45, 7) is 4.45. The SMILES string of the molecule is COc1ccc2c(cc(C(=O)NC3(c4ccc([C@H](C(=O)O)C(C)C)cc4)COC3)n2C)c1Cl. The minimum atomic E-state index is -0.848. The van der Waals surface area contributed by atoms with Crippen molar-refractivity contribution in [2.75, 3.05) is 20.3 Å². The zero-order valence-electron chi connectivity index (χ0n) is 19.0. The second-order valence-electron chi connectivity index (χ2n) is 8.81. The Bertz CT molecular complexity index is 1210. The smallest absolute Gasteiger partial charge is 0.311 e. The molecule has 3 aromatic rings. The van der Waals surface area contributed by atoms with Gasteiger partial charge in [0.1, 0.15) is 17.0 Å². The molecule has 0 spiro atoms. The quantitative estimate of drug-likeness (QED) is 0.536. The lowest BCUT2D eigenvalue weighted by Gasteiger charge is -2.42. The average molecular weight is 471 g/mol. The fraction of sp³-hybridized carbons (Fsp3) is 0.360. The van der Waals surface area contributed by atoms with Gasteiger partial charge in [-0.1, -0.05) is 49.7 Å². The van der Waals surface area contributed by atoms with E-state index in [1.807, 2.05) is 51.2 Å². The molecule has 1 fully saturated rings. The largest absolute Gasteiger partial charge is 0.495 e. The number of hydrogen-bond donors (Lipinski definition) is 2. The number of benzene rings is 2. The number of aryl methyl sites for hydroxylation is 1. The number of methoxy groups -OCH3 is 1. The van der Waals surface area contributed by atoms with E-state index in [9.17, 15) is 14.7 Å². The van der Waals surface area contributed by atoms with E-state index in [4.69, 9.17) is 21.1 Å². The molecule has 7 nitrogen and oxygen atoms in total. The highest BCUT2D eigenvalue weighted by atomic mass is 35.5. The van der Waals surface area contributed by atoms with Crippen LogP contribution in [0.5, 0.6) is 5.75 Å². The van der Waals surface area contributed by atoms with Crippen LogP contribution in [0.4, 0.5) is 0 Å². The number of carbonyl (C=O) groups is 2. The molecule has 1 aromatic heterocycles. The summed E-state index contributed by atoms with van der Waals surface area (Å²) in [5, 5.41) is 13.9. The van der Waals surface area contributed by atoms with Gasteiger partial charge in [-0.3, -0.25) is 9.59 Å². The monoisotopic (exact) mass is 470 g/mol. The number of carboxylic acid groups (broad SMARTS) is 1. The van der Waals surface area contributed by atoms with Crippen molar-refractivity contribution < 1.29 is 24.2 Å². The molecule has 2 N–H and O–H groups in total. The zero-order valence-corrected chi connectivity index (χ0v) is 19.8. The Labute approximate surface area is 197 Å². The summed E-state index contributed by atoms with van der Waals surface area (Å²) >= 11 is 6.45. The van der Waals surface area contributed by atoms with Gasteiger partial charge >= 0.3 is 5.97 Å². The predicted molar refractivity (Wildman–Crippen MR) is 126 cm³/mol. The Balaban J connectivity index is 1.63. The van der Waals surface area contributed by atoms with Crippen molar-refractivity contribution in [3.05, 3.63) is 64.3 Å². The number of nitrogens with zero attached hydrogens (tertiary/aromatic N) is 1. The third-order valence-corrected chi connectivity index (χ3v) is 6.77. The van der Waals surface area contributed by atoms with E-state index in [0.29, 0.717) is 29.7 Å². The van der Waals surface area contributed by atoms with Gasteiger partial charge < -0.3 is 24.5 Å². The highest BCUT2D eigenvalue weighted by molar-refractivity contribution is 6.37. The van der Waals surface area contributed by atoms with Crippen molar-refractivity contribution in [2.45, 2.75) is 25.3 Å². The van der Waals surface area contributed by atoms with Crippen molar-refractivity contribution >= 4 is 34.4 Å². The van der Waals surface area contributed by atoms with E-state index in [-0.39, 0.29) is 11.8 Å². The first-order chi connectivity index (χ1) is 15.7. The van der Waals surface area contributed by atoms with Crippen molar-refractivity contribution in [1.82, 2.24) is 9.88 Å². The predicted octanol–water partition coefficient (Wildman–Crippen LogP) is 4.32. The second kappa shape index (κ2) is 8.72. The topological polar surface area (TPSA) is 89.8 Å². The number of aliphatic carboxylic acids is 1. The van der Waals surface area contributed by atoms with Crippen molar-refractivity contribution in [3.8, 4) is 5.75 Å². The van der Waals surface area contributed by atoms with Gasteiger partial charge in [0.05, 0.1) is 36.8 Å². The number of hydrogen-bond acceptors (Lipinski definition) is 4. The van der Waals surface area contributed by atoms with Crippen LogP contribution in [-0.4, -0.2) is 41.9 Å². The maximum absolute atomic E-state index is 13.3. The molecule has 174 valence electrons. The molecule has 0 radical (unpaired) electrons. The summed E-state index contributed by atoms with van der Waals surface area (Å²) in [4.78, 5) is 25.0.